The van der Waals surface area contributed by atoms with E-state index in [1.807, 2.05) is 34.7 Å². The summed E-state index contributed by atoms with van der Waals surface area (Å²) in [6.45, 7) is 18.7. The number of hydrogen-bond acceptors (Lipinski definition) is 14. The SMILES string of the molecule is CC[C@H]1OC(=O)[C@H](C)[C@@H](O[C@H]2C[C@@](C)(OC)[C@@H](O)[C@H](C)O2)[C@H](C)[C@@H](O[C@@H]2O[C@H](C)C[C@H](NC)[C@H]2O)[C@](C)(OC)C[C@@H](C)N(C)C[C@H](C)[C@@H](O)[C@]1(C)O. The van der Waals surface area contributed by atoms with Crippen LogP contribution in [0.25, 0.3) is 0 Å². The highest BCUT2D eigenvalue weighted by Gasteiger charge is 2.53. The predicted molar refractivity (Wildman–Crippen MR) is 194 cm³/mol. The van der Waals surface area contributed by atoms with Gasteiger partial charge < -0.3 is 63.8 Å². The second-order valence-corrected chi connectivity index (χ2v) is 16.7. The van der Waals surface area contributed by atoms with E-state index in [2.05, 4.69) is 17.1 Å². The van der Waals surface area contributed by atoms with Crippen molar-refractivity contribution in [2.75, 3.05) is 34.9 Å². The van der Waals surface area contributed by atoms with Crippen LogP contribution in [0.5, 0.6) is 0 Å². The smallest absolute Gasteiger partial charge is 0.311 e. The van der Waals surface area contributed by atoms with Crippen LogP contribution in [0.2, 0.25) is 0 Å². The maximum Gasteiger partial charge on any atom is 0.311 e. The van der Waals surface area contributed by atoms with Crippen molar-refractivity contribution in [2.24, 2.45) is 17.8 Å². The number of methoxy groups -OCH3 is 2. The molecule has 0 radical (unpaired) electrons. The fourth-order valence-corrected chi connectivity index (χ4v) is 8.62. The number of nitrogens with zero attached hydrogens (tertiary/aromatic N) is 1. The summed E-state index contributed by atoms with van der Waals surface area (Å²) in [4.78, 5) is 16.4. The maximum atomic E-state index is 14.2. The van der Waals surface area contributed by atoms with E-state index in [0.29, 0.717) is 19.4 Å². The number of esters is 1. The molecule has 306 valence electrons. The number of nitrogens with one attached hydrogen (secondary N) is 1. The first kappa shape index (κ1) is 45.4. The molecular formula is C38H72N2O12. The Hall–Kier alpha value is -1.01. The number of aliphatic hydroxyl groups is 4. The topological polar surface area (TPSA) is 178 Å². The second-order valence-electron chi connectivity index (χ2n) is 16.7. The summed E-state index contributed by atoms with van der Waals surface area (Å²) >= 11 is 0. The summed E-state index contributed by atoms with van der Waals surface area (Å²) in [6.07, 6.45) is -7.28. The molecule has 0 aromatic rings. The average molecular weight is 749 g/mol. The Morgan fingerprint density at radius 2 is 1.54 bits per heavy atom. The number of aliphatic hydroxyl groups excluding tert-OH is 3. The zero-order valence-corrected chi connectivity index (χ0v) is 34.2. The van der Waals surface area contributed by atoms with Gasteiger partial charge in [-0.15, -0.1) is 0 Å². The predicted octanol–water partition coefficient (Wildman–Crippen LogP) is 2.21. The van der Waals surface area contributed by atoms with Crippen molar-refractivity contribution in [1.82, 2.24) is 10.2 Å². The van der Waals surface area contributed by atoms with Gasteiger partial charge in [-0.25, -0.2) is 0 Å². The summed E-state index contributed by atoms with van der Waals surface area (Å²) in [5.74, 6) is -2.61. The van der Waals surface area contributed by atoms with E-state index < -0.39 is 95.8 Å². The van der Waals surface area contributed by atoms with Crippen molar-refractivity contribution in [3.63, 3.8) is 0 Å². The summed E-state index contributed by atoms with van der Waals surface area (Å²) < 4.78 is 44.3. The zero-order valence-electron chi connectivity index (χ0n) is 34.2. The molecule has 0 spiro atoms. The van der Waals surface area contributed by atoms with E-state index in [1.54, 1.807) is 41.9 Å². The number of cyclic esters (lactones) is 1. The lowest BCUT2D eigenvalue weighted by Gasteiger charge is -2.49. The Kier molecular flexibility index (Phi) is 16.0. The van der Waals surface area contributed by atoms with Crippen LogP contribution in [0.15, 0.2) is 0 Å². The molecule has 3 fully saturated rings. The van der Waals surface area contributed by atoms with Crippen LogP contribution in [-0.4, -0.2) is 156 Å². The van der Waals surface area contributed by atoms with Gasteiger partial charge in [-0.05, 0) is 87.7 Å². The number of ether oxygens (including phenoxy) is 7. The van der Waals surface area contributed by atoms with Crippen molar-refractivity contribution in [1.29, 1.82) is 0 Å². The summed E-state index contributed by atoms with van der Waals surface area (Å²) in [7, 11) is 6.88. The lowest BCUT2D eigenvalue weighted by atomic mass is 9.78. The van der Waals surface area contributed by atoms with E-state index in [1.165, 1.54) is 14.0 Å². The van der Waals surface area contributed by atoms with Crippen molar-refractivity contribution >= 4 is 5.97 Å². The molecule has 52 heavy (non-hydrogen) atoms. The normalized spacial score (nSPS) is 49.5. The van der Waals surface area contributed by atoms with Gasteiger partial charge in [0, 0.05) is 45.2 Å². The van der Waals surface area contributed by atoms with Crippen molar-refractivity contribution in [3.8, 4) is 0 Å². The maximum absolute atomic E-state index is 14.2. The van der Waals surface area contributed by atoms with Crippen LogP contribution in [0.1, 0.15) is 94.9 Å². The Labute approximate surface area is 312 Å². The molecule has 18 atom stereocenters. The Morgan fingerprint density at radius 1 is 0.923 bits per heavy atom. The minimum absolute atomic E-state index is 0.114. The fourth-order valence-electron chi connectivity index (χ4n) is 8.62. The molecule has 0 aromatic heterocycles. The molecule has 14 nitrogen and oxygen atoms in total. The lowest BCUT2D eigenvalue weighted by Crippen LogP contribution is -2.61. The van der Waals surface area contributed by atoms with Gasteiger partial charge in [0.25, 0.3) is 0 Å². The van der Waals surface area contributed by atoms with E-state index in [0.717, 1.165) is 0 Å². The largest absolute Gasteiger partial charge is 0.459 e. The summed E-state index contributed by atoms with van der Waals surface area (Å²) in [5.41, 5.74) is -3.78. The van der Waals surface area contributed by atoms with Gasteiger partial charge in [0.15, 0.2) is 12.6 Å². The van der Waals surface area contributed by atoms with Gasteiger partial charge >= 0.3 is 5.97 Å². The Balaban J connectivity index is 2.21. The molecule has 14 heteroatoms. The van der Waals surface area contributed by atoms with Crippen molar-refractivity contribution in [2.45, 2.75) is 185 Å². The van der Waals surface area contributed by atoms with Gasteiger partial charge in [-0.1, -0.05) is 20.8 Å². The molecule has 0 aromatic carbocycles. The van der Waals surface area contributed by atoms with E-state index in [4.69, 9.17) is 33.2 Å². The van der Waals surface area contributed by atoms with Crippen LogP contribution in [0.3, 0.4) is 0 Å². The summed E-state index contributed by atoms with van der Waals surface area (Å²) in [5, 5.41) is 48.8. The third kappa shape index (κ3) is 9.86. The molecule has 3 aliphatic heterocycles. The zero-order chi connectivity index (χ0) is 39.5. The third-order valence-electron chi connectivity index (χ3n) is 12.5. The highest BCUT2D eigenvalue weighted by atomic mass is 16.7. The highest BCUT2D eigenvalue weighted by molar-refractivity contribution is 5.73. The molecule has 3 heterocycles. The molecule has 0 unspecified atom stereocenters. The average Bonchev–Trinajstić information content (AvgIpc) is 3.09. The second kappa shape index (κ2) is 18.3. The van der Waals surface area contributed by atoms with Crippen molar-refractivity contribution < 1.29 is 58.4 Å². The monoisotopic (exact) mass is 749 g/mol. The summed E-state index contributed by atoms with van der Waals surface area (Å²) in [6, 6.07) is -0.398. The number of hydrogen-bond donors (Lipinski definition) is 5. The van der Waals surface area contributed by atoms with E-state index in [9.17, 15) is 25.2 Å². The molecule has 0 bridgehead atoms. The first-order valence-electron chi connectivity index (χ1n) is 19.2. The number of likely N-dealkylation sites (N-methyl/N-ethyl adjacent to an activating group) is 1. The van der Waals surface area contributed by atoms with Crippen molar-refractivity contribution in [3.05, 3.63) is 0 Å². The molecule has 0 aliphatic carbocycles. The third-order valence-corrected chi connectivity index (χ3v) is 12.5. The Morgan fingerprint density at radius 3 is 2.10 bits per heavy atom. The molecule has 3 aliphatic rings. The van der Waals surface area contributed by atoms with Gasteiger partial charge in [-0.2, -0.15) is 0 Å². The fraction of sp³-hybridized carbons (Fsp3) is 0.974. The van der Waals surface area contributed by atoms with Gasteiger partial charge in [0.05, 0.1) is 47.6 Å². The van der Waals surface area contributed by atoms with Crippen LogP contribution < -0.4 is 5.32 Å². The van der Waals surface area contributed by atoms with E-state index >= 15 is 0 Å². The minimum atomic E-state index is -1.75. The van der Waals surface area contributed by atoms with Gasteiger partial charge in [0.1, 0.15) is 23.9 Å². The molecule has 5 N–H and O–H groups in total. The Bertz CT molecular complexity index is 1130. The lowest BCUT2D eigenvalue weighted by molar-refractivity contribution is -0.317. The first-order chi connectivity index (χ1) is 24.1. The molecule has 3 saturated heterocycles. The molecule has 3 rings (SSSR count). The van der Waals surface area contributed by atoms with Crippen LogP contribution >= 0.6 is 0 Å². The van der Waals surface area contributed by atoms with Gasteiger partial charge in [-0.3, -0.25) is 4.79 Å². The van der Waals surface area contributed by atoms with Gasteiger partial charge in [0.2, 0.25) is 0 Å². The van der Waals surface area contributed by atoms with Crippen LogP contribution in [0.4, 0.5) is 0 Å². The highest BCUT2D eigenvalue weighted by Crippen LogP contribution is 2.40. The molecular weight excluding hydrogens is 676 g/mol. The minimum Gasteiger partial charge on any atom is -0.459 e. The molecule has 0 saturated carbocycles. The van der Waals surface area contributed by atoms with Crippen LogP contribution in [-0.2, 0) is 38.0 Å². The standard InChI is InChI=1S/C38H72N2O12/c1-15-27-38(10,45)31(42)20(2)19-40(12)21(3)17-37(9,47-14)33(52-35-29(41)26(39-11)16-22(4)48-35)23(5)30(24(6)34(44)50-27)51-28-18-36(8,46-13)32(43)25(7)49-28/h20-33,35,39,41-43,45H,15-19H2,1-14H3/t20-,21+,22+,23-,24+,25-,26-,27+,28-,29+,30-,31+,32-,33+,35-,36+,37+,38+/m0/s1. The first-order valence-corrected chi connectivity index (χ1v) is 19.2. The van der Waals surface area contributed by atoms with Crippen LogP contribution in [0, 0.1) is 17.8 Å². The molecule has 0 amide bonds. The number of carbonyl (C=O) groups excluding carboxylic acids is 1. The number of rotatable bonds is 8. The quantitative estimate of drug-likeness (QED) is 0.228. The number of carbonyl (C=O) groups is 1. The van der Waals surface area contributed by atoms with E-state index in [-0.39, 0.29) is 31.0 Å².